The lowest BCUT2D eigenvalue weighted by Gasteiger charge is -2.27. The molecule has 0 unspecified atom stereocenters. The lowest BCUT2D eigenvalue weighted by Crippen LogP contribution is -2.39. The molecule has 0 fully saturated rings. The summed E-state index contributed by atoms with van der Waals surface area (Å²) in [7, 11) is 1.86. The van der Waals surface area contributed by atoms with E-state index in [0.717, 1.165) is 0 Å². The van der Waals surface area contributed by atoms with Crippen molar-refractivity contribution in [2.75, 3.05) is 14.2 Å². The number of hydrogen-bond acceptors (Lipinski definition) is 2. The smallest absolute Gasteiger partial charge is 0.337 e. The summed E-state index contributed by atoms with van der Waals surface area (Å²) < 4.78 is 12.0. The van der Waals surface area contributed by atoms with Crippen LogP contribution in [0.15, 0.2) is 0 Å². The van der Waals surface area contributed by atoms with Crippen LogP contribution in [0.3, 0.4) is 0 Å². The fourth-order valence-corrected chi connectivity index (χ4v) is 7.72. The van der Waals surface area contributed by atoms with Gasteiger partial charge in [0, 0.05) is 14.2 Å². The van der Waals surface area contributed by atoms with Crippen molar-refractivity contribution in [3.8, 4) is 0 Å². The van der Waals surface area contributed by atoms with E-state index in [1.165, 1.54) is 160 Å². The Morgan fingerprint density at radius 2 is 0.562 bits per heavy atom. The van der Waals surface area contributed by atoms with E-state index in [4.69, 9.17) is 8.85 Å². The Balaban J connectivity index is 3.57. The molecule has 0 spiro atoms. The van der Waals surface area contributed by atoms with Gasteiger partial charge in [-0.1, -0.05) is 162 Å². The van der Waals surface area contributed by atoms with Gasteiger partial charge in [0.1, 0.15) is 0 Å². The topological polar surface area (TPSA) is 18.5 Å². The fraction of sp³-hybridized carbons (Fsp3) is 1.00. The first-order chi connectivity index (χ1) is 15.7. The predicted molar refractivity (Wildman–Crippen MR) is 147 cm³/mol. The molecule has 3 heteroatoms. The van der Waals surface area contributed by atoms with Crippen LogP contribution in [0.5, 0.6) is 0 Å². The second-order valence-electron chi connectivity index (χ2n) is 10.2. The van der Waals surface area contributed by atoms with Gasteiger partial charge in [0.25, 0.3) is 0 Å². The summed E-state index contributed by atoms with van der Waals surface area (Å²) in [6.07, 6.45) is 32.4. The van der Waals surface area contributed by atoms with E-state index in [1.807, 2.05) is 14.2 Å². The van der Waals surface area contributed by atoms with Gasteiger partial charge in [-0.25, -0.2) is 0 Å². The summed E-state index contributed by atoms with van der Waals surface area (Å²) in [6, 6.07) is 2.38. The molecule has 0 aliphatic carbocycles. The summed E-state index contributed by atoms with van der Waals surface area (Å²) in [5, 5.41) is 0. The molecule has 194 valence electrons. The molecule has 0 atom stereocenters. The summed E-state index contributed by atoms with van der Waals surface area (Å²) >= 11 is 0. The maximum Gasteiger partial charge on any atom is 0.337 e. The molecule has 2 nitrogen and oxygen atoms in total. The molecule has 0 aliphatic heterocycles. The number of rotatable bonds is 27. The van der Waals surface area contributed by atoms with Gasteiger partial charge in [0.15, 0.2) is 0 Å². The average molecular weight is 471 g/mol. The maximum atomic E-state index is 5.99. The van der Waals surface area contributed by atoms with Crippen molar-refractivity contribution in [2.24, 2.45) is 0 Å². The van der Waals surface area contributed by atoms with Crippen LogP contribution in [0.1, 0.15) is 162 Å². The lowest BCUT2D eigenvalue weighted by atomic mass is 10.0. The van der Waals surface area contributed by atoms with Gasteiger partial charge in [-0.05, 0) is 12.1 Å². The molecule has 0 amide bonds. The van der Waals surface area contributed by atoms with Crippen LogP contribution >= 0.6 is 0 Å². The van der Waals surface area contributed by atoms with Gasteiger partial charge in [-0.2, -0.15) is 0 Å². The molecule has 0 heterocycles. The Morgan fingerprint density at radius 3 is 0.781 bits per heavy atom. The van der Waals surface area contributed by atoms with Crippen molar-refractivity contribution in [3.05, 3.63) is 0 Å². The fourth-order valence-electron chi connectivity index (χ4n) is 4.91. The molecule has 0 saturated heterocycles. The molecular weight excluding hydrogens is 408 g/mol. The lowest BCUT2D eigenvalue weighted by molar-refractivity contribution is 0.238. The van der Waals surface area contributed by atoms with Gasteiger partial charge in [-0.3, -0.25) is 0 Å². The van der Waals surface area contributed by atoms with Gasteiger partial charge in [0.2, 0.25) is 0 Å². The molecular formula is C29H62O2Si. The predicted octanol–water partition coefficient (Wildman–Crippen LogP) is 10.7. The van der Waals surface area contributed by atoms with Crippen LogP contribution in [0.4, 0.5) is 0 Å². The number of unbranched alkanes of at least 4 members (excludes halogenated alkanes) is 21. The first-order valence-corrected chi connectivity index (χ1v) is 17.1. The van der Waals surface area contributed by atoms with Crippen molar-refractivity contribution in [1.82, 2.24) is 0 Å². The van der Waals surface area contributed by atoms with Gasteiger partial charge in [0.05, 0.1) is 0 Å². The van der Waals surface area contributed by atoms with E-state index in [1.54, 1.807) is 0 Å². The monoisotopic (exact) mass is 470 g/mol. The summed E-state index contributed by atoms with van der Waals surface area (Å²) in [5.41, 5.74) is 0. The summed E-state index contributed by atoms with van der Waals surface area (Å²) in [5.74, 6) is 0. The molecule has 0 aromatic rings. The van der Waals surface area contributed by atoms with Gasteiger partial charge in [-0.15, -0.1) is 0 Å². The molecule has 0 bridgehead atoms. The quantitative estimate of drug-likeness (QED) is 0.0877. The van der Waals surface area contributed by atoms with Crippen LogP contribution < -0.4 is 0 Å². The van der Waals surface area contributed by atoms with E-state index < -0.39 is 8.56 Å². The van der Waals surface area contributed by atoms with E-state index >= 15 is 0 Å². The van der Waals surface area contributed by atoms with Crippen LogP contribution in [0.25, 0.3) is 0 Å². The largest absolute Gasteiger partial charge is 0.398 e. The molecule has 0 aromatic carbocycles. The Morgan fingerprint density at radius 1 is 0.344 bits per heavy atom. The second kappa shape index (κ2) is 25.8. The van der Waals surface area contributed by atoms with Crippen LogP contribution in [0.2, 0.25) is 12.1 Å². The van der Waals surface area contributed by atoms with Crippen molar-refractivity contribution in [3.63, 3.8) is 0 Å². The third-order valence-electron chi connectivity index (χ3n) is 7.32. The highest BCUT2D eigenvalue weighted by molar-refractivity contribution is 6.67. The van der Waals surface area contributed by atoms with Gasteiger partial charge < -0.3 is 8.85 Å². The molecule has 0 aromatic heterocycles. The van der Waals surface area contributed by atoms with E-state index in [-0.39, 0.29) is 0 Å². The highest BCUT2D eigenvalue weighted by Crippen LogP contribution is 2.25. The highest BCUT2D eigenvalue weighted by Gasteiger charge is 2.33. The summed E-state index contributed by atoms with van der Waals surface area (Å²) in [4.78, 5) is 0. The van der Waals surface area contributed by atoms with Crippen molar-refractivity contribution in [1.29, 1.82) is 0 Å². The third-order valence-corrected chi connectivity index (χ3v) is 11.0. The molecule has 0 aliphatic rings. The second-order valence-corrected chi connectivity index (χ2v) is 13.9. The highest BCUT2D eigenvalue weighted by atomic mass is 28.4. The minimum Gasteiger partial charge on any atom is -0.398 e. The third kappa shape index (κ3) is 20.7. The Labute approximate surface area is 205 Å². The normalized spacial score (nSPS) is 12.0. The first kappa shape index (κ1) is 32.1. The zero-order valence-electron chi connectivity index (χ0n) is 23.0. The zero-order chi connectivity index (χ0) is 23.6. The minimum atomic E-state index is -1.93. The molecule has 32 heavy (non-hydrogen) atoms. The van der Waals surface area contributed by atoms with Crippen molar-refractivity contribution in [2.45, 2.75) is 174 Å². The minimum absolute atomic E-state index is 1.19. The standard InChI is InChI=1S/C29H62O2Si/c1-5-7-9-11-13-15-16-17-18-19-21-23-25-27-29-32(30-3,31-4)28-26-24-22-20-14-12-10-8-6-2/h5-29H2,1-4H3. The summed E-state index contributed by atoms with van der Waals surface area (Å²) in [6.45, 7) is 4.59. The Kier molecular flexibility index (Phi) is 25.9. The van der Waals surface area contributed by atoms with Crippen molar-refractivity contribution < 1.29 is 8.85 Å². The Hall–Kier alpha value is 0.137. The van der Waals surface area contributed by atoms with E-state index in [0.29, 0.717) is 0 Å². The van der Waals surface area contributed by atoms with E-state index in [9.17, 15) is 0 Å². The van der Waals surface area contributed by atoms with E-state index in [2.05, 4.69) is 13.8 Å². The van der Waals surface area contributed by atoms with Crippen LogP contribution in [0, 0.1) is 0 Å². The van der Waals surface area contributed by atoms with Crippen LogP contribution in [-0.4, -0.2) is 22.8 Å². The van der Waals surface area contributed by atoms with Crippen molar-refractivity contribution >= 4 is 8.56 Å². The molecule has 0 radical (unpaired) electrons. The SMILES string of the molecule is CCCCCCCCCCCCCCCC[Si](CCCCCCCCCCC)(OC)OC. The maximum absolute atomic E-state index is 5.99. The van der Waals surface area contributed by atoms with Crippen LogP contribution in [-0.2, 0) is 8.85 Å². The van der Waals surface area contributed by atoms with Gasteiger partial charge >= 0.3 is 8.56 Å². The molecule has 0 rings (SSSR count). The molecule has 0 N–H and O–H groups in total. The Bertz CT molecular complexity index is 344. The average Bonchev–Trinajstić information content (AvgIpc) is 2.82. The number of hydrogen-bond donors (Lipinski definition) is 0. The first-order valence-electron chi connectivity index (χ1n) is 14.8. The zero-order valence-corrected chi connectivity index (χ0v) is 24.0. The molecule has 0 saturated carbocycles.